The summed E-state index contributed by atoms with van der Waals surface area (Å²) in [4.78, 5) is 37.3. The first-order valence-corrected chi connectivity index (χ1v) is 12.4. The van der Waals surface area contributed by atoms with Crippen LogP contribution in [-0.2, 0) is 27.9 Å². The minimum atomic E-state index is -4.34. The minimum absolute atomic E-state index is 0.0157. The lowest BCUT2D eigenvalue weighted by Gasteiger charge is -2.28. The molecule has 0 bridgehead atoms. The van der Waals surface area contributed by atoms with Crippen molar-refractivity contribution in [3.63, 3.8) is 0 Å². The number of nitrogens with two attached hydrogens (primary N) is 1. The van der Waals surface area contributed by atoms with Crippen LogP contribution in [0.1, 0.15) is 21.7 Å². The predicted molar refractivity (Wildman–Crippen MR) is 127 cm³/mol. The number of hydrogen-bond donors (Lipinski definition) is 2. The zero-order chi connectivity index (χ0) is 26.7. The largest absolute Gasteiger partial charge is 0.433 e. The fourth-order valence-corrected chi connectivity index (χ4v) is 5.46. The number of nitrogens with zero attached hydrogens (tertiary/aromatic N) is 3. The molecule has 0 aliphatic carbocycles. The van der Waals surface area contributed by atoms with Gasteiger partial charge in [0.05, 0.1) is 11.0 Å². The van der Waals surface area contributed by atoms with Crippen molar-refractivity contribution in [2.75, 3.05) is 13.1 Å². The zero-order valence-electron chi connectivity index (χ0n) is 19.2. The molecular weight excluding hydrogens is 509 g/mol. The topological polar surface area (TPSA) is 169 Å². The van der Waals surface area contributed by atoms with Crippen molar-refractivity contribution in [3.8, 4) is 0 Å². The van der Waals surface area contributed by atoms with E-state index in [1.165, 1.54) is 0 Å². The first-order chi connectivity index (χ1) is 17.6. The van der Waals surface area contributed by atoms with Crippen LogP contribution in [0.25, 0.3) is 0 Å². The molecule has 0 saturated carbocycles. The minimum Gasteiger partial charge on any atom is -0.395 e. The number of rotatable bonds is 8. The van der Waals surface area contributed by atoms with Crippen LogP contribution in [0.4, 0.5) is 10.3 Å². The van der Waals surface area contributed by atoms with E-state index in [9.17, 15) is 32.5 Å². The molecule has 194 valence electrons. The Morgan fingerprint density at radius 1 is 1.11 bits per heavy atom. The van der Waals surface area contributed by atoms with Gasteiger partial charge in [0.15, 0.2) is 11.9 Å². The van der Waals surface area contributed by atoms with Gasteiger partial charge in [-0.3, -0.25) is 19.7 Å². The Morgan fingerprint density at radius 2 is 1.81 bits per heavy atom. The summed E-state index contributed by atoms with van der Waals surface area (Å²) in [5.74, 6) is -3.48. The maximum Gasteiger partial charge on any atom is 0.433 e. The molecule has 12 nitrogen and oxygen atoms in total. The van der Waals surface area contributed by atoms with Gasteiger partial charge in [-0.2, -0.15) is 4.31 Å². The van der Waals surface area contributed by atoms with Crippen LogP contribution in [0.2, 0.25) is 0 Å². The summed E-state index contributed by atoms with van der Waals surface area (Å²) in [7, 11) is -4.34. The van der Waals surface area contributed by atoms with Crippen molar-refractivity contribution in [1.29, 1.82) is 0 Å². The summed E-state index contributed by atoms with van der Waals surface area (Å²) >= 11 is 0. The van der Waals surface area contributed by atoms with Crippen LogP contribution in [0.3, 0.4) is 0 Å². The van der Waals surface area contributed by atoms with Gasteiger partial charge in [-0.05, 0) is 41.5 Å². The highest BCUT2D eigenvalue weighted by molar-refractivity contribution is 7.89. The molecule has 1 aromatic heterocycles. The number of carbonyl (C=O) groups is 2. The van der Waals surface area contributed by atoms with Crippen molar-refractivity contribution < 1.29 is 31.7 Å². The summed E-state index contributed by atoms with van der Waals surface area (Å²) in [6.07, 6.45) is -1.63. The Hall–Kier alpha value is -4.14. The molecule has 37 heavy (non-hydrogen) atoms. The van der Waals surface area contributed by atoms with Crippen LogP contribution in [0, 0.1) is 15.9 Å². The van der Waals surface area contributed by atoms with E-state index in [4.69, 9.17) is 10.2 Å². The molecule has 2 heterocycles. The normalized spacial score (nSPS) is 16.1. The Balaban J connectivity index is 1.65. The number of halogens is 1. The molecule has 1 saturated heterocycles. The smallest absolute Gasteiger partial charge is 0.395 e. The molecule has 0 spiro atoms. The molecule has 2 aromatic carbocycles. The van der Waals surface area contributed by atoms with Crippen LogP contribution >= 0.6 is 0 Å². The van der Waals surface area contributed by atoms with Gasteiger partial charge in [0.25, 0.3) is 11.8 Å². The summed E-state index contributed by atoms with van der Waals surface area (Å²) in [5, 5.41) is 13.6. The van der Waals surface area contributed by atoms with Gasteiger partial charge < -0.3 is 20.4 Å². The van der Waals surface area contributed by atoms with Crippen LogP contribution in [-0.4, -0.2) is 53.6 Å². The van der Waals surface area contributed by atoms with Gasteiger partial charge in [-0.15, -0.1) is 0 Å². The number of benzene rings is 2. The SMILES string of the molecule is NCc1cccc(CNC(=O)C2N(C(=O)c3ccc([N+](=O)[O-])o3)CCN2S(=O)(=O)c2ccc(F)cc2)c1. The summed E-state index contributed by atoms with van der Waals surface area (Å²) in [6.45, 7) is -0.156. The Labute approximate surface area is 210 Å². The van der Waals surface area contributed by atoms with E-state index >= 15 is 0 Å². The van der Waals surface area contributed by atoms with Gasteiger partial charge in [-0.25, -0.2) is 12.8 Å². The molecule has 1 aliphatic heterocycles. The lowest BCUT2D eigenvalue weighted by atomic mass is 10.1. The Kier molecular flexibility index (Phi) is 7.33. The van der Waals surface area contributed by atoms with Crippen LogP contribution in [0.5, 0.6) is 0 Å². The van der Waals surface area contributed by atoms with Gasteiger partial charge in [-0.1, -0.05) is 24.3 Å². The van der Waals surface area contributed by atoms with Crippen molar-refractivity contribution in [2.45, 2.75) is 24.2 Å². The lowest BCUT2D eigenvalue weighted by Crippen LogP contribution is -2.53. The second-order valence-corrected chi connectivity index (χ2v) is 9.97. The standard InChI is InChI=1S/C23H22FN5O7S/c24-17-4-6-18(7-5-17)37(34,35)28-11-10-27(23(31)19-8-9-20(36-19)29(32)33)22(28)21(30)26-14-16-3-1-2-15(12-16)13-25/h1-9,12,22H,10-11,13-14,25H2,(H,26,30). The summed E-state index contributed by atoms with van der Waals surface area (Å²) in [6, 6.07) is 13.2. The molecule has 3 aromatic rings. The fraction of sp³-hybridized carbons (Fsp3) is 0.217. The number of nitro groups is 1. The first kappa shape index (κ1) is 25.9. The van der Waals surface area contributed by atoms with E-state index in [1.54, 1.807) is 18.2 Å². The molecule has 1 fully saturated rings. The van der Waals surface area contributed by atoms with Crippen LogP contribution < -0.4 is 11.1 Å². The van der Waals surface area contributed by atoms with Gasteiger partial charge in [0, 0.05) is 26.2 Å². The number of carbonyl (C=O) groups excluding carboxylic acids is 2. The second kappa shape index (κ2) is 10.5. The van der Waals surface area contributed by atoms with E-state index in [0.717, 1.165) is 51.2 Å². The summed E-state index contributed by atoms with van der Waals surface area (Å²) in [5.41, 5.74) is 7.17. The van der Waals surface area contributed by atoms with E-state index in [1.807, 2.05) is 6.07 Å². The number of sulfonamides is 1. The Bertz CT molecular complexity index is 1440. The fourth-order valence-electron chi connectivity index (χ4n) is 3.91. The van der Waals surface area contributed by atoms with Gasteiger partial charge >= 0.3 is 5.88 Å². The third-order valence-corrected chi connectivity index (χ3v) is 7.59. The Morgan fingerprint density at radius 3 is 2.46 bits per heavy atom. The molecule has 1 atom stereocenters. The van der Waals surface area contributed by atoms with Gasteiger partial charge in [0.1, 0.15) is 10.7 Å². The second-order valence-electron chi connectivity index (χ2n) is 8.08. The lowest BCUT2D eigenvalue weighted by molar-refractivity contribution is -0.402. The van der Waals surface area contributed by atoms with E-state index in [2.05, 4.69) is 5.32 Å². The average molecular weight is 532 g/mol. The molecule has 0 radical (unpaired) electrons. The maximum absolute atomic E-state index is 13.4. The third-order valence-electron chi connectivity index (χ3n) is 5.72. The molecule has 2 amide bonds. The van der Waals surface area contributed by atoms with E-state index < -0.39 is 50.4 Å². The van der Waals surface area contributed by atoms with Crippen molar-refractivity contribution in [3.05, 3.63) is 93.5 Å². The van der Waals surface area contributed by atoms with E-state index in [0.29, 0.717) is 5.56 Å². The maximum atomic E-state index is 13.4. The van der Waals surface area contributed by atoms with E-state index in [-0.39, 0.29) is 31.1 Å². The highest BCUT2D eigenvalue weighted by atomic mass is 32.2. The molecule has 14 heteroatoms. The molecule has 1 aliphatic rings. The highest BCUT2D eigenvalue weighted by Crippen LogP contribution is 2.27. The number of amides is 2. The van der Waals surface area contributed by atoms with Crippen molar-refractivity contribution >= 4 is 27.7 Å². The van der Waals surface area contributed by atoms with Crippen LogP contribution in [0.15, 0.2) is 70.0 Å². The first-order valence-electron chi connectivity index (χ1n) is 11.0. The number of nitrogens with one attached hydrogen (secondary N) is 1. The molecule has 1 unspecified atom stereocenters. The van der Waals surface area contributed by atoms with Crippen molar-refractivity contribution in [1.82, 2.24) is 14.5 Å². The predicted octanol–water partition coefficient (Wildman–Crippen LogP) is 1.57. The quantitative estimate of drug-likeness (QED) is 0.326. The highest BCUT2D eigenvalue weighted by Gasteiger charge is 2.47. The molecular formula is C23H22FN5O7S. The number of hydrogen-bond acceptors (Lipinski definition) is 8. The third kappa shape index (κ3) is 5.35. The average Bonchev–Trinajstić information content (AvgIpc) is 3.56. The zero-order valence-corrected chi connectivity index (χ0v) is 20.1. The molecule has 4 rings (SSSR count). The van der Waals surface area contributed by atoms with Crippen molar-refractivity contribution in [2.24, 2.45) is 5.73 Å². The number of furan rings is 1. The summed E-state index contributed by atoms with van der Waals surface area (Å²) < 4.78 is 45.9. The van der Waals surface area contributed by atoms with Gasteiger partial charge in [0.2, 0.25) is 10.0 Å². The monoisotopic (exact) mass is 531 g/mol. The molecule has 3 N–H and O–H groups in total.